The summed E-state index contributed by atoms with van der Waals surface area (Å²) in [5.41, 5.74) is 1.12. The quantitative estimate of drug-likeness (QED) is 0.306. The van der Waals surface area contributed by atoms with Crippen LogP contribution in [0.2, 0.25) is 18.6 Å². The second-order valence-corrected chi connectivity index (χ2v) is 15.7. The van der Waals surface area contributed by atoms with Gasteiger partial charge >= 0.3 is 37.9 Å². The third-order valence-corrected chi connectivity index (χ3v) is 10.2. The summed E-state index contributed by atoms with van der Waals surface area (Å²) in [5, 5.41) is 0. The Bertz CT molecular complexity index is 226. The molecule has 3 aliphatic rings. The average Bonchev–Trinajstić information content (AvgIpc) is 3.23. The van der Waals surface area contributed by atoms with E-state index in [9.17, 15) is 0 Å². The molecule has 3 fully saturated rings. The molecule has 2 saturated carbocycles. The zero-order chi connectivity index (χ0) is 15.6. The molecule has 0 aromatic rings. The summed E-state index contributed by atoms with van der Waals surface area (Å²) in [7, 11) is 8.86. The van der Waals surface area contributed by atoms with E-state index in [2.05, 4.69) is 17.7 Å². The third-order valence-electron chi connectivity index (χ3n) is 5.53. The van der Waals surface area contributed by atoms with E-state index in [0.29, 0.717) is 0 Å². The molecule has 1 saturated heterocycles. The van der Waals surface area contributed by atoms with Crippen LogP contribution in [0.1, 0.15) is 70.6 Å². The summed E-state index contributed by atoms with van der Waals surface area (Å²) >= 11 is -0.826. The van der Waals surface area contributed by atoms with Crippen LogP contribution in [0.3, 0.4) is 0 Å². The second kappa shape index (κ2) is 15.9. The number of halogens is 2. The molecule has 5 heteroatoms. The molecule has 0 spiro atoms. The van der Waals surface area contributed by atoms with Crippen molar-refractivity contribution in [2.45, 2.75) is 89.3 Å². The fourth-order valence-electron chi connectivity index (χ4n) is 4.07. The monoisotopic (exact) mass is 457 g/mol. The van der Waals surface area contributed by atoms with Gasteiger partial charge < -0.3 is 19.4 Å². The van der Waals surface area contributed by atoms with Gasteiger partial charge in [0.05, 0.1) is 0 Å². The summed E-state index contributed by atoms with van der Waals surface area (Å²) in [5.74, 6) is 0. The number of rotatable bonds is 2. The minimum absolute atomic E-state index is 0. The number of hydrogen-bond acceptors (Lipinski definition) is 1. The third kappa shape index (κ3) is 10.4. The fraction of sp³-hybridized carbons (Fsp3) is 0.889. The van der Waals surface area contributed by atoms with Crippen LogP contribution in [-0.4, -0.2) is 25.9 Å². The van der Waals surface area contributed by atoms with E-state index in [1.54, 1.807) is 0 Å². The summed E-state index contributed by atoms with van der Waals surface area (Å²) in [6, 6.07) is 0. The Labute approximate surface area is 167 Å². The maximum absolute atomic E-state index is 4.93. The fourth-order valence-corrected chi connectivity index (χ4v) is 7.87. The Morgan fingerprint density at radius 3 is 1.43 bits per heavy atom. The van der Waals surface area contributed by atoms with Crippen LogP contribution in [0.25, 0.3) is 0 Å². The van der Waals surface area contributed by atoms with E-state index in [-0.39, 0.29) is 14.9 Å². The standard InChI is InChI=1S/C11H23NSi.C5H10.2CH3.2ClH.Zr/c1-13(2,11-7-3-4-8-11)12-9-5-6-10-12;1-2-4-5-3-1;;;;;/h11H,3-10H2,1-2H3;1-5H2;2*1H3;2*1H;/q;;2*-1;;;+4/p-2. The first kappa shape index (κ1) is 26.9. The molecule has 1 heterocycles. The molecular formula is C18H39Cl2NSiZr. The van der Waals surface area contributed by atoms with Gasteiger partial charge in [-0.2, -0.15) is 0 Å². The van der Waals surface area contributed by atoms with Crippen LogP contribution < -0.4 is 0 Å². The zero-order valence-electron chi connectivity index (χ0n) is 16.0. The first-order valence-corrected chi connectivity index (χ1v) is 18.2. The van der Waals surface area contributed by atoms with Crippen molar-refractivity contribution in [1.29, 1.82) is 0 Å². The van der Waals surface area contributed by atoms with E-state index in [0.717, 1.165) is 5.54 Å². The van der Waals surface area contributed by atoms with Gasteiger partial charge in [-0.1, -0.05) is 70.9 Å². The second-order valence-electron chi connectivity index (χ2n) is 7.17. The number of hydrogen-bond donors (Lipinski definition) is 0. The molecule has 138 valence electrons. The molecule has 3 rings (SSSR count). The molecule has 0 bridgehead atoms. The van der Waals surface area contributed by atoms with Crippen LogP contribution in [0, 0.1) is 14.9 Å². The zero-order valence-corrected chi connectivity index (χ0v) is 20.9. The van der Waals surface area contributed by atoms with Crippen LogP contribution in [0.4, 0.5) is 0 Å². The summed E-state index contributed by atoms with van der Waals surface area (Å²) in [4.78, 5) is 0. The van der Waals surface area contributed by atoms with Crippen molar-refractivity contribution in [1.82, 2.24) is 4.57 Å². The van der Waals surface area contributed by atoms with Crippen molar-refractivity contribution in [2.24, 2.45) is 0 Å². The van der Waals surface area contributed by atoms with Crippen molar-refractivity contribution in [3.05, 3.63) is 14.9 Å². The molecule has 0 unspecified atom stereocenters. The summed E-state index contributed by atoms with van der Waals surface area (Å²) in [6.07, 6.45) is 16.5. The predicted octanol–water partition coefficient (Wildman–Crippen LogP) is 7.46. The van der Waals surface area contributed by atoms with Gasteiger partial charge in [0.25, 0.3) is 0 Å². The average molecular weight is 460 g/mol. The van der Waals surface area contributed by atoms with Crippen LogP contribution in [0.15, 0.2) is 0 Å². The molecule has 1 aliphatic heterocycles. The van der Waals surface area contributed by atoms with Gasteiger partial charge in [-0.15, -0.1) is 0 Å². The molecule has 0 amide bonds. The van der Waals surface area contributed by atoms with E-state index in [1.165, 1.54) is 83.7 Å². The molecule has 0 N–H and O–H groups in total. The Morgan fingerprint density at radius 1 is 0.739 bits per heavy atom. The van der Waals surface area contributed by atoms with Crippen LogP contribution >= 0.6 is 17.0 Å². The van der Waals surface area contributed by atoms with Crippen molar-refractivity contribution >= 4 is 25.3 Å². The molecule has 23 heavy (non-hydrogen) atoms. The molecule has 0 atom stereocenters. The topological polar surface area (TPSA) is 3.24 Å². The first-order valence-electron chi connectivity index (χ1n) is 8.84. The molecule has 0 aromatic heterocycles. The van der Waals surface area contributed by atoms with E-state index < -0.39 is 29.1 Å². The van der Waals surface area contributed by atoms with Crippen molar-refractivity contribution in [3.63, 3.8) is 0 Å². The van der Waals surface area contributed by atoms with E-state index in [4.69, 9.17) is 17.0 Å². The van der Waals surface area contributed by atoms with Gasteiger partial charge in [-0.3, -0.25) is 0 Å². The van der Waals surface area contributed by atoms with Crippen LogP contribution in [-0.2, 0) is 20.8 Å². The van der Waals surface area contributed by atoms with Crippen molar-refractivity contribution in [2.75, 3.05) is 13.1 Å². The first-order chi connectivity index (χ1) is 10.1. The summed E-state index contributed by atoms with van der Waals surface area (Å²) in [6.45, 7) is 8.04. The Morgan fingerprint density at radius 2 is 1.09 bits per heavy atom. The maximum atomic E-state index is 4.93. The SMILES string of the molecule is C1CCCC1.C[Si](C)(C1CCCC1)N1CCCC1.[CH3-].[CH3-].[Cl][Zr+2][Cl]. The Kier molecular flexibility index (Phi) is 18.5. The van der Waals surface area contributed by atoms with Crippen molar-refractivity contribution in [3.8, 4) is 0 Å². The molecule has 1 nitrogen and oxygen atoms in total. The van der Waals surface area contributed by atoms with E-state index >= 15 is 0 Å². The van der Waals surface area contributed by atoms with E-state index in [1.807, 2.05) is 0 Å². The minimum atomic E-state index is -1.00. The van der Waals surface area contributed by atoms with Crippen LogP contribution in [0.5, 0.6) is 0 Å². The Balaban J connectivity index is 0. The van der Waals surface area contributed by atoms with Gasteiger partial charge in [0.15, 0.2) is 0 Å². The number of nitrogens with zero attached hydrogens (tertiary/aromatic N) is 1. The van der Waals surface area contributed by atoms with Gasteiger partial charge in [-0.05, 0) is 31.5 Å². The Hall–Kier alpha value is 1.64. The van der Waals surface area contributed by atoms with Gasteiger partial charge in [0.1, 0.15) is 8.24 Å². The van der Waals surface area contributed by atoms with Gasteiger partial charge in [0.2, 0.25) is 0 Å². The van der Waals surface area contributed by atoms with Gasteiger partial charge in [-0.25, -0.2) is 0 Å². The molecule has 0 aromatic carbocycles. The molecule has 0 radical (unpaired) electrons. The van der Waals surface area contributed by atoms with Gasteiger partial charge in [0, 0.05) is 0 Å². The summed E-state index contributed by atoms with van der Waals surface area (Å²) < 4.78 is 2.86. The molecular weight excluding hydrogens is 420 g/mol. The molecule has 2 aliphatic carbocycles. The normalized spacial score (nSPS) is 21.0. The predicted molar refractivity (Wildman–Crippen MR) is 108 cm³/mol. The van der Waals surface area contributed by atoms with Crippen molar-refractivity contribution < 1.29 is 20.8 Å².